The Hall–Kier alpha value is -2.31. The lowest BCUT2D eigenvalue weighted by atomic mass is 9.80. The molecule has 2 saturated carbocycles. The topological polar surface area (TPSA) is 125 Å². The first kappa shape index (κ1) is 20.6. The summed E-state index contributed by atoms with van der Waals surface area (Å²) in [6.07, 6.45) is 2.30. The van der Waals surface area contributed by atoms with Gasteiger partial charge in [-0.3, -0.25) is 4.79 Å². The van der Waals surface area contributed by atoms with E-state index in [4.69, 9.17) is 0 Å². The van der Waals surface area contributed by atoms with E-state index in [1.54, 1.807) is 17.8 Å². The van der Waals surface area contributed by atoms with Gasteiger partial charge < -0.3 is 25.4 Å². The molecular weight excluding hydrogens is 511 g/mol. The molecule has 5 rings (SSSR count). The first-order valence-corrected chi connectivity index (χ1v) is 11.2. The predicted molar refractivity (Wildman–Crippen MR) is 122 cm³/mol. The van der Waals surface area contributed by atoms with Gasteiger partial charge in [0.25, 0.3) is 0 Å². The van der Waals surface area contributed by atoms with Gasteiger partial charge in [0.2, 0.25) is 5.91 Å². The molecule has 3 aromatic rings. The van der Waals surface area contributed by atoms with Crippen molar-refractivity contribution in [2.75, 3.05) is 12.4 Å². The van der Waals surface area contributed by atoms with Crippen LogP contribution in [-0.2, 0) is 11.3 Å². The summed E-state index contributed by atoms with van der Waals surface area (Å²) in [6, 6.07) is 7.79. The van der Waals surface area contributed by atoms with E-state index in [2.05, 4.69) is 54.2 Å². The Morgan fingerprint density at radius 3 is 2.84 bits per heavy atom. The third-order valence-electron chi connectivity index (χ3n) is 6.78. The zero-order chi connectivity index (χ0) is 22.0. The molecule has 1 aromatic carbocycles. The molecule has 2 aromatic heterocycles. The summed E-state index contributed by atoms with van der Waals surface area (Å²) in [4.78, 5) is 25.5. The number of amides is 1. The number of aliphatic hydroxyl groups excluding tert-OH is 1. The lowest BCUT2D eigenvalue weighted by Gasteiger charge is -2.32. The van der Waals surface area contributed by atoms with Gasteiger partial charge in [-0.25, -0.2) is 15.0 Å². The standard InChI is InChI=1S/C21H23IN6O3/c1-20(19(30)23-2)7-13-15(21(13,31)18(20)29)28-10-27-14-16(25-9-26-17(14)28)24-8-11-4-3-5-12(22)6-11/h3-6,9-10,13,15,18,29,31H,7-8H2,1-2H3,(H,23,30)(H,24,25,26)/t13-,15?,18+,20-,21-/m0/s1. The van der Waals surface area contributed by atoms with Crippen molar-refractivity contribution >= 4 is 45.5 Å². The Bertz CT molecular complexity index is 1180. The third kappa shape index (κ3) is 2.95. The highest BCUT2D eigenvalue weighted by Gasteiger charge is 2.79. The summed E-state index contributed by atoms with van der Waals surface area (Å²) in [7, 11) is 1.54. The van der Waals surface area contributed by atoms with Crippen LogP contribution >= 0.6 is 22.6 Å². The molecule has 0 aliphatic heterocycles. The van der Waals surface area contributed by atoms with Crippen molar-refractivity contribution in [2.45, 2.75) is 37.6 Å². The number of anilines is 1. The highest BCUT2D eigenvalue weighted by molar-refractivity contribution is 14.1. The second kappa shape index (κ2) is 7.10. The number of aliphatic hydroxyl groups is 2. The van der Waals surface area contributed by atoms with Gasteiger partial charge in [0, 0.05) is 23.1 Å². The molecule has 2 heterocycles. The van der Waals surface area contributed by atoms with E-state index in [0.29, 0.717) is 29.9 Å². The maximum Gasteiger partial charge on any atom is 0.228 e. The minimum absolute atomic E-state index is 0.250. The maximum absolute atomic E-state index is 12.3. The van der Waals surface area contributed by atoms with Gasteiger partial charge in [-0.2, -0.15) is 0 Å². The van der Waals surface area contributed by atoms with Gasteiger partial charge in [0.05, 0.1) is 23.9 Å². The number of nitrogens with one attached hydrogen (secondary N) is 2. The number of rotatable bonds is 5. The number of fused-ring (bicyclic) bond motifs is 2. The van der Waals surface area contributed by atoms with E-state index in [1.807, 2.05) is 18.2 Å². The Morgan fingerprint density at radius 2 is 2.16 bits per heavy atom. The fourth-order valence-corrected chi connectivity index (χ4v) is 5.71. The molecule has 0 radical (unpaired) electrons. The van der Waals surface area contributed by atoms with Crippen molar-refractivity contribution in [3.63, 3.8) is 0 Å². The van der Waals surface area contributed by atoms with Crippen LogP contribution in [0.4, 0.5) is 5.82 Å². The average molecular weight is 534 g/mol. The smallest absolute Gasteiger partial charge is 0.228 e. The van der Waals surface area contributed by atoms with Crippen molar-refractivity contribution in [3.05, 3.63) is 46.1 Å². The molecule has 1 unspecified atom stereocenters. The summed E-state index contributed by atoms with van der Waals surface area (Å²) < 4.78 is 2.95. The fourth-order valence-electron chi connectivity index (χ4n) is 5.10. The van der Waals surface area contributed by atoms with Gasteiger partial charge in [0.15, 0.2) is 11.5 Å². The highest BCUT2D eigenvalue weighted by Crippen LogP contribution is 2.69. The highest BCUT2D eigenvalue weighted by atomic mass is 127. The van der Waals surface area contributed by atoms with Gasteiger partial charge in [-0.15, -0.1) is 0 Å². The molecule has 2 aliphatic carbocycles. The van der Waals surface area contributed by atoms with Crippen molar-refractivity contribution in [1.82, 2.24) is 24.8 Å². The number of nitrogens with zero attached hydrogens (tertiary/aromatic N) is 4. The van der Waals surface area contributed by atoms with Crippen LogP contribution in [0.2, 0.25) is 0 Å². The molecule has 0 bridgehead atoms. The second-order valence-electron chi connectivity index (χ2n) is 8.57. The minimum Gasteiger partial charge on any atom is -0.389 e. The lowest BCUT2D eigenvalue weighted by molar-refractivity contribution is -0.140. The van der Waals surface area contributed by atoms with Crippen molar-refractivity contribution in [1.29, 1.82) is 0 Å². The first-order valence-electron chi connectivity index (χ1n) is 10.1. The number of imidazole rings is 1. The SMILES string of the molecule is CNC(=O)[C@@]1(C)C[C@H]2C(n3cnc4c(NCc5cccc(I)c5)ncnc43)[C@]2(O)[C@@H]1O. The number of benzene rings is 1. The summed E-state index contributed by atoms with van der Waals surface area (Å²) >= 11 is 2.28. The summed E-state index contributed by atoms with van der Waals surface area (Å²) in [5.74, 6) is 0.0929. The summed E-state index contributed by atoms with van der Waals surface area (Å²) in [5.41, 5.74) is -0.0859. The fraction of sp³-hybridized carbons (Fsp3) is 0.429. The van der Waals surface area contributed by atoms with Crippen LogP contribution in [0.3, 0.4) is 0 Å². The molecule has 162 valence electrons. The Labute approximate surface area is 192 Å². The van der Waals surface area contributed by atoms with Gasteiger partial charge in [-0.1, -0.05) is 12.1 Å². The van der Waals surface area contributed by atoms with Crippen LogP contribution in [0, 0.1) is 14.9 Å². The van der Waals surface area contributed by atoms with E-state index >= 15 is 0 Å². The Balaban J connectivity index is 1.41. The second-order valence-corrected chi connectivity index (χ2v) is 9.82. The molecule has 1 amide bonds. The molecule has 5 atom stereocenters. The van der Waals surface area contributed by atoms with Crippen LogP contribution in [0.15, 0.2) is 36.9 Å². The van der Waals surface area contributed by atoms with E-state index in [0.717, 1.165) is 9.13 Å². The van der Waals surface area contributed by atoms with E-state index in [1.165, 1.54) is 13.4 Å². The van der Waals surface area contributed by atoms with E-state index in [-0.39, 0.29) is 17.9 Å². The summed E-state index contributed by atoms with van der Waals surface area (Å²) in [5, 5.41) is 28.0. The van der Waals surface area contributed by atoms with Gasteiger partial charge in [0.1, 0.15) is 17.4 Å². The van der Waals surface area contributed by atoms with Gasteiger partial charge in [-0.05, 0) is 53.6 Å². The lowest BCUT2D eigenvalue weighted by Crippen LogP contribution is -2.49. The molecule has 2 fully saturated rings. The number of carbonyl (C=O) groups excluding carboxylic acids is 1. The normalized spacial score (nSPS) is 31.5. The molecule has 4 N–H and O–H groups in total. The van der Waals surface area contributed by atoms with Crippen molar-refractivity contribution < 1.29 is 15.0 Å². The van der Waals surface area contributed by atoms with Crippen LogP contribution < -0.4 is 10.6 Å². The van der Waals surface area contributed by atoms with E-state index in [9.17, 15) is 15.0 Å². The van der Waals surface area contributed by atoms with Crippen LogP contribution in [0.1, 0.15) is 24.9 Å². The van der Waals surface area contributed by atoms with Crippen LogP contribution in [0.5, 0.6) is 0 Å². The Kier molecular flexibility index (Phi) is 4.72. The molecule has 0 spiro atoms. The zero-order valence-corrected chi connectivity index (χ0v) is 19.2. The quantitative estimate of drug-likeness (QED) is 0.366. The summed E-state index contributed by atoms with van der Waals surface area (Å²) in [6.45, 7) is 2.29. The van der Waals surface area contributed by atoms with Crippen molar-refractivity contribution in [2.24, 2.45) is 11.3 Å². The van der Waals surface area contributed by atoms with Gasteiger partial charge >= 0.3 is 0 Å². The minimum atomic E-state index is -1.38. The Morgan fingerprint density at radius 1 is 1.35 bits per heavy atom. The molecular formula is C21H23IN6O3. The maximum atomic E-state index is 12.3. The molecule has 31 heavy (non-hydrogen) atoms. The first-order chi connectivity index (χ1) is 14.8. The zero-order valence-electron chi connectivity index (χ0n) is 17.1. The molecule has 9 nitrogen and oxygen atoms in total. The molecule has 0 saturated heterocycles. The van der Waals surface area contributed by atoms with E-state index < -0.39 is 17.1 Å². The van der Waals surface area contributed by atoms with Crippen LogP contribution in [-0.4, -0.2) is 54.4 Å². The number of hydrogen-bond donors (Lipinski definition) is 4. The largest absolute Gasteiger partial charge is 0.389 e. The molecule has 2 aliphatic rings. The number of halogens is 1. The monoisotopic (exact) mass is 534 g/mol. The number of aromatic nitrogens is 4. The predicted octanol–water partition coefficient (Wildman–Crippen LogP) is 1.46. The third-order valence-corrected chi connectivity index (χ3v) is 7.45. The van der Waals surface area contributed by atoms with Crippen molar-refractivity contribution in [3.8, 4) is 0 Å². The average Bonchev–Trinajstić information content (AvgIpc) is 3.05. The number of hydrogen-bond acceptors (Lipinski definition) is 7. The number of carbonyl (C=O) groups is 1. The van der Waals surface area contributed by atoms with Crippen LogP contribution in [0.25, 0.3) is 11.2 Å². The molecule has 10 heteroatoms.